The molecule has 0 aromatic heterocycles. The second-order valence-corrected chi connectivity index (χ2v) is 6.63. The Morgan fingerprint density at radius 2 is 1.90 bits per heavy atom. The van der Waals surface area contributed by atoms with Gasteiger partial charge in [0.2, 0.25) is 5.91 Å². The zero-order valence-electron chi connectivity index (χ0n) is 11.8. The van der Waals surface area contributed by atoms with Crippen molar-refractivity contribution in [1.82, 2.24) is 5.32 Å². The minimum atomic E-state index is 0.212. The van der Waals surface area contributed by atoms with Crippen LogP contribution < -0.4 is 5.32 Å². The third-order valence-corrected chi connectivity index (χ3v) is 5.31. The second kappa shape index (κ2) is 6.17. The maximum absolute atomic E-state index is 12.0. The fraction of sp³-hybridized carbons (Fsp3) is 0.588. The summed E-state index contributed by atoms with van der Waals surface area (Å²) in [7, 11) is 0. The number of rotatable bonds is 5. The van der Waals surface area contributed by atoms with Gasteiger partial charge in [0.05, 0.1) is 0 Å². The molecule has 2 aliphatic rings. The number of halogens is 1. The van der Waals surface area contributed by atoms with Crippen molar-refractivity contribution in [3.05, 3.63) is 35.4 Å². The van der Waals surface area contributed by atoms with Crippen LogP contribution in [0.15, 0.2) is 24.3 Å². The first-order valence-electron chi connectivity index (χ1n) is 7.65. The molecular formula is C17H22ClNO. The number of hydrogen-bond donors (Lipinski definition) is 1. The van der Waals surface area contributed by atoms with Crippen LogP contribution in [0.3, 0.4) is 0 Å². The summed E-state index contributed by atoms with van der Waals surface area (Å²) in [4.78, 5) is 12.0. The lowest BCUT2D eigenvalue weighted by Crippen LogP contribution is -2.26. The number of amides is 1. The summed E-state index contributed by atoms with van der Waals surface area (Å²) in [6.45, 7) is 0.627. The van der Waals surface area contributed by atoms with Crippen LogP contribution in [0.25, 0.3) is 0 Å². The molecule has 1 N–H and O–H groups in total. The Bertz CT molecular complexity index is 470. The van der Waals surface area contributed by atoms with Crippen LogP contribution in [0.5, 0.6) is 0 Å². The van der Waals surface area contributed by atoms with E-state index in [0.717, 1.165) is 29.4 Å². The Labute approximate surface area is 125 Å². The van der Waals surface area contributed by atoms with Crippen molar-refractivity contribution < 1.29 is 4.79 Å². The van der Waals surface area contributed by atoms with Crippen LogP contribution in [0.1, 0.15) is 43.2 Å². The van der Waals surface area contributed by atoms with E-state index < -0.39 is 0 Å². The standard InChI is InChI=1S/C17H22ClNO/c18-10-12-1-3-13(4-2-12)11-19-17(20)9-16-8-14-5-6-15(16)7-14/h1-4,14-16H,5-11H2,(H,19,20). The normalized spacial score (nSPS) is 27.8. The van der Waals surface area contributed by atoms with Gasteiger partial charge >= 0.3 is 0 Å². The first kappa shape index (κ1) is 13.9. The Morgan fingerprint density at radius 3 is 2.50 bits per heavy atom. The number of carbonyl (C=O) groups excluding carboxylic acids is 1. The summed E-state index contributed by atoms with van der Waals surface area (Å²) in [5, 5.41) is 3.05. The van der Waals surface area contributed by atoms with Gasteiger partial charge in [-0.2, -0.15) is 0 Å². The van der Waals surface area contributed by atoms with E-state index >= 15 is 0 Å². The molecule has 1 aromatic rings. The smallest absolute Gasteiger partial charge is 0.220 e. The molecular weight excluding hydrogens is 270 g/mol. The topological polar surface area (TPSA) is 29.1 Å². The van der Waals surface area contributed by atoms with Gasteiger partial charge in [-0.25, -0.2) is 0 Å². The first-order valence-corrected chi connectivity index (χ1v) is 8.18. The van der Waals surface area contributed by atoms with E-state index in [1.807, 2.05) is 24.3 Å². The summed E-state index contributed by atoms with van der Waals surface area (Å²) >= 11 is 5.76. The molecule has 0 aliphatic heterocycles. The molecule has 2 fully saturated rings. The van der Waals surface area contributed by atoms with Crippen molar-refractivity contribution >= 4 is 17.5 Å². The summed E-state index contributed by atoms with van der Waals surface area (Å²) in [6.07, 6.45) is 6.12. The van der Waals surface area contributed by atoms with Crippen molar-refractivity contribution in [3.63, 3.8) is 0 Å². The molecule has 0 radical (unpaired) electrons. The van der Waals surface area contributed by atoms with E-state index in [2.05, 4.69) is 5.32 Å². The molecule has 20 heavy (non-hydrogen) atoms. The summed E-state index contributed by atoms with van der Waals surface area (Å²) in [5.41, 5.74) is 2.25. The molecule has 2 aliphatic carbocycles. The van der Waals surface area contributed by atoms with Gasteiger partial charge in [-0.1, -0.05) is 30.7 Å². The largest absolute Gasteiger partial charge is 0.352 e. The average Bonchev–Trinajstić information content (AvgIpc) is 3.08. The number of benzene rings is 1. The average molecular weight is 292 g/mol. The van der Waals surface area contributed by atoms with Crippen molar-refractivity contribution in [2.45, 2.75) is 44.5 Å². The fourth-order valence-corrected chi connectivity index (χ4v) is 4.06. The zero-order valence-corrected chi connectivity index (χ0v) is 12.5. The predicted molar refractivity (Wildman–Crippen MR) is 81.4 cm³/mol. The molecule has 2 bridgehead atoms. The molecule has 3 unspecified atom stereocenters. The summed E-state index contributed by atoms with van der Waals surface area (Å²) in [5.74, 6) is 3.14. The van der Waals surface area contributed by atoms with Gasteiger partial charge in [-0.05, 0) is 48.1 Å². The highest BCUT2D eigenvalue weighted by Crippen LogP contribution is 2.49. The highest BCUT2D eigenvalue weighted by atomic mass is 35.5. The molecule has 1 amide bonds. The van der Waals surface area contributed by atoms with Crippen molar-refractivity contribution in [2.75, 3.05) is 0 Å². The molecule has 2 saturated carbocycles. The van der Waals surface area contributed by atoms with Crippen LogP contribution in [0.2, 0.25) is 0 Å². The van der Waals surface area contributed by atoms with E-state index in [4.69, 9.17) is 11.6 Å². The minimum absolute atomic E-state index is 0.212. The molecule has 2 nitrogen and oxygen atoms in total. The van der Waals surface area contributed by atoms with Gasteiger partial charge < -0.3 is 5.32 Å². The van der Waals surface area contributed by atoms with Gasteiger partial charge in [0.1, 0.15) is 0 Å². The van der Waals surface area contributed by atoms with Crippen LogP contribution in [-0.2, 0) is 17.2 Å². The fourth-order valence-electron chi connectivity index (χ4n) is 3.88. The second-order valence-electron chi connectivity index (χ2n) is 6.37. The van der Waals surface area contributed by atoms with Gasteiger partial charge in [-0.3, -0.25) is 4.79 Å². The molecule has 3 atom stereocenters. The number of alkyl halides is 1. The maximum Gasteiger partial charge on any atom is 0.220 e. The van der Waals surface area contributed by atoms with E-state index in [1.54, 1.807) is 0 Å². The first-order chi connectivity index (χ1) is 9.74. The Balaban J connectivity index is 1.44. The van der Waals surface area contributed by atoms with E-state index in [0.29, 0.717) is 18.3 Å². The predicted octanol–water partition coefficient (Wildman–Crippen LogP) is 3.87. The Hall–Kier alpha value is -1.02. The molecule has 0 heterocycles. The number of hydrogen-bond acceptors (Lipinski definition) is 1. The van der Waals surface area contributed by atoms with Gasteiger partial charge in [0.15, 0.2) is 0 Å². The third-order valence-electron chi connectivity index (χ3n) is 5.00. The van der Waals surface area contributed by atoms with Crippen molar-refractivity contribution in [1.29, 1.82) is 0 Å². The molecule has 0 saturated heterocycles. The lowest BCUT2D eigenvalue weighted by atomic mass is 9.86. The zero-order chi connectivity index (χ0) is 13.9. The van der Waals surface area contributed by atoms with Gasteiger partial charge in [-0.15, -0.1) is 11.6 Å². The van der Waals surface area contributed by atoms with Crippen LogP contribution in [-0.4, -0.2) is 5.91 Å². The minimum Gasteiger partial charge on any atom is -0.352 e. The number of carbonyl (C=O) groups is 1. The lowest BCUT2D eigenvalue weighted by Gasteiger charge is -2.20. The Morgan fingerprint density at radius 1 is 1.15 bits per heavy atom. The van der Waals surface area contributed by atoms with E-state index in [1.165, 1.54) is 25.7 Å². The molecule has 3 heteroatoms. The van der Waals surface area contributed by atoms with Gasteiger partial charge in [0.25, 0.3) is 0 Å². The quantitative estimate of drug-likeness (QED) is 0.820. The number of fused-ring (bicyclic) bond motifs is 2. The highest BCUT2D eigenvalue weighted by Gasteiger charge is 2.39. The maximum atomic E-state index is 12.0. The summed E-state index contributed by atoms with van der Waals surface area (Å²) in [6, 6.07) is 8.11. The van der Waals surface area contributed by atoms with Crippen LogP contribution >= 0.6 is 11.6 Å². The van der Waals surface area contributed by atoms with Crippen molar-refractivity contribution in [2.24, 2.45) is 17.8 Å². The molecule has 3 rings (SSSR count). The molecule has 108 valence electrons. The van der Waals surface area contributed by atoms with Crippen LogP contribution in [0, 0.1) is 17.8 Å². The number of nitrogens with one attached hydrogen (secondary N) is 1. The SMILES string of the molecule is O=C(CC1CC2CCC1C2)NCc1ccc(CCl)cc1. The van der Waals surface area contributed by atoms with Crippen LogP contribution in [0.4, 0.5) is 0 Å². The third kappa shape index (κ3) is 3.17. The summed E-state index contributed by atoms with van der Waals surface area (Å²) < 4.78 is 0. The van der Waals surface area contributed by atoms with E-state index in [-0.39, 0.29) is 5.91 Å². The van der Waals surface area contributed by atoms with E-state index in [9.17, 15) is 4.79 Å². The lowest BCUT2D eigenvalue weighted by molar-refractivity contribution is -0.122. The highest BCUT2D eigenvalue weighted by molar-refractivity contribution is 6.17. The Kier molecular flexibility index (Phi) is 4.30. The molecule has 0 spiro atoms. The monoisotopic (exact) mass is 291 g/mol. The van der Waals surface area contributed by atoms with Gasteiger partial charge in [0, 0.05) is 18.8 Å². The van der Waals surface area contributed by atoms with Crippen molar-refractivity contribution in [3.8, 4) is 0 Å². The molecule has 1 aromatic carbocycles.